The number of hydrogen-bond donors (Lipinski definition) is 0. The summed E-state index contributed by atoms with van der Waals surface area (Å²) in [6, 6.07) is 18.5. The second-order valence-corrected chi connectivity index (χ2v) is 6.71. The van der Waals surface area contributed by atoms with Gasteiger partial charge in [-0.05, 0) is 54.1 Å². The lowest BCUT2D eigenvalue weighted by Gasteiger charge is -2.23. The first-order valence-corrected chi connectivity index (χ1v) is 8.79. The van der Waals surface area contributed by atoms with E-state index >= 15 is 0 Å². The fraction of sp³-hybridized carbons (Fsp3) is 0.0500. The van der Waals surface area contributed by atoms with E-state index < -0.39 is 10.7 Å². The minimum atomic E-state index is -0.520. The minimum absolute atomic E-state index is 0.0900. The van der Waals surface area contributed by atoms with Gasteiger partial charge >= 0.3 is 0 Å². The molecule has 0 heterocycles. The molecule has 136 valence electrons. The lowest BCUT2D eigenvalue weighted by molar-refractivity contribution is -0.384. The van der Waals surface area contributed by atoms with Crippen molar-refractivity contribution in [1.82, 2.24) is 0 Å². The van der Waals surface area contributed by atoms with E-state index in [4.69, 9.17) is 0 Å². The number of carbonyl (C=O) groups is 1. The van der Waals surface area contributed by atoms with Crippen LogP contribution in [0.2, 0.25) is 0 Å². The number of halogens is 2. The molecule has 0 spiro atoms. The molecule has 3 rings (SSSR count). The molecule has 0 unspecified atom stereocenters. The van der Waals surface area contributed by atoms with Crippen LogP contribution < -0.4 is 4.90 Å². The summed E-state index contributed by atoms with van der Waals surface area (Å²) in [5.41, 5.74) is 1.63. The highest BCUT2D eigenvalue weighted by Crippen LogP contribution is 2.23. The fourth-order valence-corrected chi connectivity index (χ4v) is 2.82. The molecule has 5 nitrogen and oxygen atoms in total. The maximum absolute atomic E-state index is 13.3. The van der Waals surface area contributed by atoms with Crippen molar-refractivity contribution in [3.8, 4) is 0 Å². The number of anilines is 1. The molecule has 0 bridgehead atoms. The van der Waals surface area contributed by atoms with Crippen molar-refractivity contribution in [2.45, 2.75) is 6.54 Å². The van der Waals surface area contributed by atoms with Gasteiger partial charge < -0.3 is 4.90 Å². The number of rotatable bonds is 5. The highest BCUT2D eigenvalue weighted by atomic mass is 79.9. The van der Waals surface area contributed by atoms with Crippen LogP contribution in [0.25, 0.3) is 0 Å². The molecular weight excluding hydrogens is 415 g/mol. The molecule has 0 aliphatic rings. The molecule has 0 aliphatic heterocycles. The molecule has 1 amide bonds. The molecule has 0 aromatic heterocycles. The summed E-state index contributed by atoms with van der Waals surface area (Å²) in [7, 11) is 0. The van der Waals surface area contributed by atoms with Gasteiger partial charge in [-0.15, -0.1) is 0 Å². The zero-order chi connectivity index (χ0) is 19.4. The number of amides is 1. The van der Waals surface area contributed by atoms with E-state index in [0.29, 0.717) is 11.3 Å². The lowest BCUT2D eigenvalue weighted by atomic mass is 10.1. The number of carbonyl (C=O) groups excluding carboxylic acids is 1. The average Bonchev–Trinajstić information content (AvgIpc) is 2.68. The van der Waals surface area contributed by atoms with Crippen LogP contribution in [0.4, 0.5) is 15.8 Å². The number of benzene rings is 3. The van der Waals surface area contributed by atoms with Crippen molar-refractivity contribution < 1.29 is 14.1 Å². The van der Waals surface area contributed by atoms with E-state index in [9.17, 15) is 19.3 Å². The number of nitrogens with zero attached hydrogens (tertiary/aromatic N) is 2. The van der Waals surface area contributed by atoms with Crippen LogP contribution in [0, 0.1) is 15.9 Å². The van der Waals surface area contributed by atoms with E-state index in [1.54, 1.807) is 0 Å². The topological polar surface area (TPSA) is 63.4 Å². The molecule has 0 fully saturated rings. The molecule has 0 N–H and O–H groups in total. The van der Waals surface area contributed by atoms with Crippen LogP contribution >= 0.6 is 15.9 Å². The Hall–Kier alpha value is -3.06. The van der Waals surface area contributed by atoms with Gasteiger partial charge in [-0.3, -0.25) is 14.9 Å². The second kappa shape index (κ2) is 8.09. The predicted octanol–water partition coefficient (Wildman–Crippen LogP) is 5.34. The fourth-order valence-electron chi connectivity index (χ4n) is 2.56. The predicted molar refractivity (Wildman–Crippen MR) is 104 cm³/mol. The highest BCUT2D eigenvalue weighted by molar-refractivity contribution is 9.10. The van der Waals surface area contributed by atoms with Gasteiger partial charge in [-0.2, -0.15) is 0 Å². The van der Waals surface area contributed by atoms with Crippen molar-refractivity contribution in [1.29, 1.82) is 0 Å². The molecule has 0 radical (unpaired) electrons. The van der Waals surface area contributed by atoms with Crippen molar-refractivity contribution in [2.24, 2.45) is 0 Å². The van der Waals surface area contributed by atoms with E-state index in [1.165, 1.54) is 53.4 Å². The van der Waals surface area contributed by atoms with E-state index in [-0.39, 0.29) is 18.1 Å². The third-order valence-corrected chi connectivity index (χ3v) is 4.49. The summed E-state index contributed by atoms with van der Waals surface area (Å²) in [4.78, 5) is 24.8. The summed E-state index contributed by atoms with van der Waals surface area (Å²) in [5.74, 6) is -0.732. The molecule has 7 heteroatoms. The summed E-state index contributed by atoms with van der Waals surface area (Å²) in [5, 5.41) is 10.8. The van der Waals surface area contributed by atoms with Gasteiger partial charge in [0.25, 0.3) is 11.6 Å². The van der Waals surface area contributed by atoms with Crippen molar-refractivity contribution in [3.63, 3.8) is 0 Å². The number of non-ortho nitro benzene ring substituents is 1. The highest BCUT2D eigenvalue weighted by Gasteiger charge is 2.19. The van der Waals surface area contributed by atoms with Crippen LogP contribution in [0.1, 0.15) is 15.9 Å². The normalized spacial score (nSPS) is 10.4. The van der Waals surface area contributed by atoms with Crippen LogP contribution in [-0.2, 0) is 6.54 Å². The Bertz CT molecular complexity index is 958. The van der Waals surface area contributed by atoms with E-state index in [0.717, 1.165) is 10.0 Å². The molecule has 3 aromatic carbocycles. The largest absolute Gasteiger partial charge is 0.304 e. The monoisotopic (exact) mass is 428 g/mol. The Morgan fingerprint density at radius 2 is 1.56 bits per heavy atom. The van der Waals surface area contributed by atoms with Crippen LogP contribution in [-0.4, -0.2) is 10.8 Å². The quantitative estimate of drug-likeness (QED) is 0.406. The first-order chi connectivity index (χ1) is 12.9. The smallest absolute Gasteiger partial charge is 0.269 e. The van der Waals surface area contributed by atoms with Crippen LogP contribution in [0.5, 0.6) is 0 Å². The van der Waals surface area contributed by atoms with Crippen molar-refractivity contribution in [3.05, 3.63) is 104 Å². The van der Waals surface area contributed by atoms with Gasteiger partial charge in [0, 0.05) is 27.9 Å². The van der Waals surface area contributed by atoms with Gasteiger partial charge in [-0.25, -0.2) is 4.39 Å². The summed E-state index contributed by atoms with van der Waals surface area (Å²) < 4.78 is 14.2. The molecular formula is C20H14BrFN2O3. The SMILES string of the molecule is O=C(c1ccc([N+](=O)[O-])cc1)N(Cc1ccc(Br)cc1)c1ccc(F)cc1. The standard InChI is InChI=1S/C20H14BrFN2O3/c21-16-5-1-14(2-6-16)13-23(18-11-7-17(22)8-12-18)20(25)15-3-9-19(10-4-15)24(26)27/h1-12H,13H2. The molecule has 3 aromatic rings. The van der Waals surface area contributed by atoms with E-state index in [1.807, 2.05) is 24.3 Å². The molecule has 0 saturated carbocycles. The van der Waals surface area contributed by atoms with Gasteiger partial charge in [0.2, 0.25) is 0 Å². The third-order valence-electron chi connectivity index (χ3n) is 3.96. The Balaban J connectivity index is 1.94. The molecule has 0 atom stereocenters. The number of hydrogen-bond acceptors (Lipinski definition) is 3. The Kier molecular flexibility index (Phi) is 5.61. The first kappa shape index (κ1) is 18.7. The third kappa shape index (κ3) is 4.57. The van der Waals surface area contributed by atoms with Crippen molar-refractivity contribution in [2.75, 3.05) is 4.90 Å². The van der Waals surface area contributed by atoms with E-state index in [2.05, 4.69) is 15.9 Å². The van der Waals surface area contributed by atoms with Gasteiger partial charge in [0.15, 0.2) is 0 Å². The second-order valence-electron chi connectivity index (χ2n) is 5.80. The molecule has 0 aliphatic carbocycles. The minimum Gasteiger partial charge on any atom is -0.304 e. The maximum Gasteiger partial charge on any atom is 0.269 e. The van der Waals surface area contributed by atoms with Gasteiger partial charge in [0.05, 0.1) is 11.5 Å². The summed E-state index contributed by atoms with van der Waals surface area (Å²) in [6.45, 7) is 0.273. The van der Waals surface area contributed by atoms with Gasteiger partial charge in [-0.1, -0.05) is 28.1 Å². The molecule has 27 heavy (non-hydrogen) atoms. The lowest BCUT2D eigenvalue weighted by Crippen LogP contribution is -2.30. The van der Waals surface area contributed by atoms with Crippen LogP contribution in [0.15, 0.2) is 77.3 Å². The Morgan fingerprint density at radius 3 is 2.11 bits per heavy atom. The zero-order valence-corrected chi connectivity index (χ0v) is 15.6. The van der Waals surface area contributed by atoms with Gasteiger partial charge in [0.1, 0.15) is 5.82 Å². The average molecular weight is 429 g/mol. The Labute approximate surface area is 163 Å². The first-order valence-electron chi connectivity index (χ1n) is 8.00. The van der Waals surface area contributed by atoms with Crippen molar-refractivity contribution >= 4 is 33.2 Å². The zero-order valence-electron chi connectivity index (χ0n) is 14.0. The maximum atomic E-state index is 13.3. The van der Waals surface area contributed by atoms with Crippen LogP contribution in [0.3, 0.4) is 0 Å². The Morgan fingerprint density at radius 1 is 0.963 bits per heavy atom. The number of nitro benzene ring substituents is 1. The molecule has 0 saturated heterocycles. The summed E-state index contributed by atoms with van der Waals surface area (Å²) >= 11 is 3.37. The number of nitro groups is 1. The summed E-state index contributed by atoms with van der Waals surface area (Å²) in [6.07, 6.45) is 0.